The van der Waals surface area contributed by atoms with Crippen LogP contribution in [0.25, 0.3) is 0 Å². The van der Waals surface area contributed by atoms with Gasteiger partial charge in [0.05, 0.1) is 5.54 Å². The summed E-state index contributed by atoms with van der Waals surface area (Å²) in [5.74, 6) is 0.760. The molecule has 0 spiro atoms. The van der Waals surface area contributed by atoms with Gasteiger partial charge in [0, 0.05) is 11.1 Å². The zero-order valence-electron chi connectivity index (χ0n) is 11.6. The highest BCUT2D eigenvalue weighted by Crippen LogP contribution is 2.48. The molecule has 1 aromatic rings. The lowest BCUT2D eigenvalue weighted by molar-refractivity contribution is 0.0850. The molecule has 2 nitrogen and oxygen atoms in total. The van der Waals surface area contributed by atoms with E-state index in [1.807, 2.05) is 11.3 Å². The molecule has 1 saturated carbocycles. The predicted octanol–water partition coefficient (Wildman–Crippen LogP) is 3.71. The molecule has 2 unspecified atom stereocenters. The van der Waals surface area contributed by atoms with Gasteiger partial charge in [-0.15, -0.1) is 11.3 Å². The van der Waals surface area contributed by atoms with Gasteiger partial charge in [0.15, 0.2) is 0 Å². The Kier molecular flexibility index (Phi) is 3.34. The Morgan fingerprint density at radius 3 is 2.59 bits per heavy atom. The first-order valence-corrected chi connectivity index (χ1v) is 7.36. The summed E-state index contributed by atoms with van der Waals surface area (Å²) in [6, 6.07) is 0. The number of hydrogen-bond acceptors (Lipinski definition) is 3. The van der Waals surface area contributed by atoms with Gasteiger partial charge in [0.2, 0.25) is 0 Å². The Hall–Kier alpha value is -0.410. The Labute approximate surface area is 109 Å². The Balaban J connectivity index is 2.36. The summed E-state index contributed by atoms with van der Waals surface area (Å²) < 4.78 is 0. The second-order valence-electron chi connectivity index (χ2n) is 6.48. The summed E-state index contributed by atoms with van der Waals surface area (Å²) in [5.41, 5.74) is 1.65. The lowest BCUT2D eigenvalue weighted by atomic mass is 9.64. The third-order valence-corrected chi connectivity index (χ3v) is 5.05. The second kappa shape index (κ2) is 4.36. The van der Waals surface area contributed by atoms with Gasteiger partial charge in [-0.1, -0.05) is 20.8 Å². The first kappa shape index (κ1) is 13.0. The van der Waals surface area contributed by atoms with Crippen molar-refractivity contribution in [2.24, 2.45) is 11.3 Å². The van der Waals surface area contributed by atoms with Crippen LogP contribution in [-0.2, 0) is 5.54 Å². The normalized spacial score (nSPS) is 32.6. The van der Waals surface area contributed by atoms with Gasteiger partial charge < -0.3 is 5.32 Å². The predicted molar refractivity (Wildman–Crippen MR) is 74.4 cm³/mol. The average molecular weight is 252 g/mol. The smallest absolute Gasteiger partial charge is 0.113 e. The topological polar surface area (TPSA) is 24.9 Å². The van der Waals surface area contributed by atoms with Gasteiger partial charge in [-0.25, -0.2) is 4.98 Å². The molecule has 3 heteroatoms. The van der Waals surface area contributed by atoms with Gasteiger partial charge >= 0.3 is 0 Å². The monoisotopic (exact) mass is 252 g/mol. The van der Waals surface area contributed by atoms with E-state index >= 15 is 0 Å². The summed E-state index contributed by atoms with van der Waals surface area (Å²) in [5, 5.41) is 7.02. The lowest BCUT2D eigenvalue weighted by Gasteiger charge is -2.46. The number of nitrogens with one attached hydrogen (secondary N) is 1. The van der Waals surface area contributed by atoms with Crippen molar-refractivity contribution in [1.29, 1.82) is 0 Å². The molecule has 96 valence electrons. The number of thiazole rings is 1. The minimum Gasteiger partial charge on any atom is -0.308 e. The molecule has 17 heavy (non-hydrogen) atoms. The maximum atomic E-state index is 4.73. The molecule has 0 bridgehead atoms. The first-order valence-electron chi connectivity index (χ1n) is 6.48. The molecular formula is C14H24N2S. The maximum Gasteiger partial charge on any atom is 0.113 e. The van der Waals surface area contributed by atoms with Crippen molar-refractivity contribution in [1.82, 2.24) is 10.3 Å². The third kappa shape index (κ3) is 2.55. The van der Waals surface area contributed by atoms with Crippen LogP contribution in [-0.4, -0.2) is 12.0 Å². The summed E-state index contributed by atoms with van der Waals surface area (Å²) in [7, 11) is 2.09. The van der Waals surface area contributed by atoms with Crippen molar-refractivity contribution in [3.63, 3.8) is 0 Å². The standard InChI is InChI=1S/C14H24N2S/c1-10-6-13(3,4)9-14(7-10,15-5)12-16-11(2)8-17-12/h8,10,15H,6-7,9H2,1-5H3. The van der Waals surface area contributed by atoms with E-state index < -0.39 is 0 Å². The molecule has 1 aliphatic rings. The van der Waals surface area contributed by atoms with Crippen molar-refractivity contribution in [3.8, 4) is 0 Å². The van der Waals surface area contributed by atoms with Gasteiger partial charge in [-0.05, 0) is 44.6 Å². The Morgan fingerprint density at radius 2 is 2.12 bits per heavy atom. The van der Waals surface area contributed by atoms with Crippen molar-refractivity contribution >= 4 is 11.3 Å². The number of hydrogen-bond donors (Lipinski definition) is 1. The second-order valence-corrected chi connectivity index (χ2v) is 7.34. The first-order chi connectivity index (χ1) is 7.87. The maximum absolute atomic E-state index is 4.73. The van der Waals surface area contributed by atoms with Gasteiger partial charge in [-0.3, -0.25) is 0 Å². The molecule has 1 fully saturated rings. The van der Waals surface area contributed by atoms with Gasteiger partial charge in [-0.2, -0.15) is 0 Å². The van der Waals surface area contributed by atoms with Crippen molar-refractivity contribution in [2.75, 3.05) is 7.05 Å². The molecule has 2 rings (SSSR count). The Morgan fingerprint density at radius 1 is 1.41 bits per heavy atom. The highest BCUT2D eigenvalue weighted by atomic mass is 32.1. The number of rotatable bonds is 2. The Bertz CT molecular complexity index is 397. The molecule has 2 atom stereocenters. The average Bonchev–Trinajstić information content (AvgIpc) is 2.62. The molecule has 0 saturated heterocycles. The molecule has 0 radical (unpaired) electrons. The van der Waals surface area contributed by atoms with Gasteiger partial charge in [0.25, 0.3) is 0 Å². The van der Waals surface area contributed by atoms with E-state index in [9.17, 15) is 0 Å². The van der Waals surface area contributed by atoms with E-state index in [1.165, 1.54) is 24.3 Å². The van der Waals surface area contributed by atoms with Crippen LogP contribution in [0.3, 0.4) is 0 Å². The quantitative estimate of drug-likeness (QED) is 0.868. The third-order valence-electron chi connectivity index (χ3n) is 3.89. The van der Waals surface area contributed by atoms with Crippen LogP contribution in [0.4, 0.5) is 0 Å². The minimum atomic E-state index is 0.0973. The zero-order chi connectivity index (χ0) is 12.7. The highest BCUT2D eigenvalue weighted by molar-refractivity contribution is 7.09. The van der Waals surface area contributed by atoms with E-state index in [2.05, 4.69) is 45.4 Å². The van der Waals surface area contributed by atoms with E-state index in [0.29, 0.717) is 5.41 Å². The fourth-order valence-electron chi connectivity index (χ4n) is 3.61. The summed E-state index contributed by atoms with van der Waals surface area (Å²) >= 11 is 1.81. The van der Waals surface area contributed by atoms with Gasteiger partial charge in [0.1, 0.15) is 5.01 Å². The van der Waals surface area contributed by atoms with Crippen molar-refractivity contribution in [2.45, 2.75) is 52.5 Å². The summed E-state index contributed by atoms with van der Waals surface area (Å²) in [6.45, 7) is 9.22. The fourth-order valence-corrected chi connectivity index (χ4v) is 4.62. The molecule has 0 aromatic carbocycles. The molecule has 0 amide bonds. The van der Waals surface area contributed by atoms with Crippen LogP contribution in [0.1, 0.15) is 50.7 Å². The van der Waals surface area contributed by atoms with Crippen LogP contribution in [0.5, 0.6) is 0 Å². The van der Waals surface area contributed by atoms with Crippen molar-refractivity contribution in [3.05, 3.63) is 16.1 Å². The van der Waals surface area contributed by atoms with E-state index in [4.69, 9.17) is 4.98 Å². The van der Waals surface area contributed by atoms with Crippen LogP contribution in [0.15, 0.2) is 5.38 Å². The molecule has 1 aromatic heterocycles. The molecule has 0 aliphatic heterocycles. The van der Waals surface area contributed by atoms with E-state index in [1.54, 1.807) is 0 Å². The van der Waals surface area contributed by atoms with Crippen molar-refractivity contribution < 1.29 is 0 Å². The largest absolute Gasteiger partial charge is 0.308 e. The number of nitrogens with zero attached hydrogens (tertiary/aromatic N) is 1. The lowest BCUT2D eigenvalue weighted by Crippen LogP contribution is -2.48. The van der Waals surface area contributed by atoms with E-state index in [0.717, 1.165) is 11.6 Å². The van der Waals surface area contributed by atoms with Crippen LogP contribution < -0.4 is 5.32 Å². The van der Waals surface area contributed by atoms with Crippen LogP contribution >= 0.6 is 11.3 Å². The molecule has 1 heterocycles. The molecular weight excluding hydrogens is 228 g/mol. The van der Waals surface area contributed by atoms with Crippen LogP contribution in [0, 0.1) is 18.3 Å². The number of aryl methyl sites for hydroxylation is 1. The van der Waals surface area contributed by atoms with E-state index in [-0.39, 0.29) is 5.54 Å². The zero-order valence-corrected chi connectivity index (χ0v) is 12.4. The SMILES string of the molecule is CNC1(c2nc(C)cs2)CC(C)CC(C)(C)C1. The van der Waals surface area contributed by atoms with Crippen LogP contribution in [0.2, 0.25) is 0 Å². The summed E-state index contributed by atoms with van der Waals surface area (Å²) in [6.07, 6.45) is 3.72. The number of aromatic nitrogens is 1. The molecule has 1 N–H and O–H groups in total. The minimum absolute atomic E-state index is 0.0973. The fraction of sp³-hybridized carbons (Fsp3) is 0.786. The molecule has 1 aliphatic carbocycles. The highest BCUT2D eigenvalue weighted by Gasteiger charge is 2.44. The summed E-state index contributed by atoms with van der Waals surface area (Å²) in [4.78, 5) is 4.73.